The molecule has 0 spiro atoms. The minimum absolute atomic E-state index is 0.223. The lowest BCUT2D eigenvalue weighted by atomic mass is 10.2. The number of aliphatic hydroxyl groups excluding tert-OH is 1. The van der Waals surface area contributed by atoms with Crippen LogP contribution in [0.5, 0.6) is 0 Å². The maximum Gasteiger partial charge on any atom is 0.0945 e. The van der Waals surface area contributed by atoms with Crippen LogP contribution in [0.15, 0.2) is 24.3 Å². The molecule has 0 aromatic heterocycles. The van der Waals surface area contributed by atoms with E-state index in [0.717, 1.165) is 11.3 Å². The summed E-state index contributed by atoms with van der Waals surface area (Å²) in [6, 6.07) is 7.96. The number of methoxy groups -OCH3 is 1. The molecular formula is C15H25NO3. The van der Waals surface area contributed by atoms with Crippen LogP contribution in [0, 0.1) is 0 Å². The van der Waals surface area contributed by atoms with Crippen LogP contribution in [0.25, 0.3) is 0 Å². The molecule has 0 saturated carbocycles. The Morgan fingerprint density at radius 3 is 2.68 bits per heavy atom. The highest BCUT2D eigenvalue weighted by Crippen LogP contribution is 2.12. The predicted octanol–water partition coefficient (Wildman–Crippen LogP) is 2.42. The highest BCUT2D eigenvalue weighted by Gasteiger charge is 2.13. The van der Waals surface area contributed by atoms with Crippen molar-refractivity contribution < 1.29 is 14.6 Å². The van der Waals surface area contributed by atoms with Gasteiger partial charge in [-0.1, -0.05) is 12.1 Å². The van der Waals surface area contributed by atoms with E-state index in [1.54, 1.807) is 7.11 Å². The molecule has 0 amide bonds. The van der Waals surface area contributed by atoms with Crippen molar-refractivity contribution >= 4 is 5.69 Å². The normalized spacial score (nSPS) is 13.3. The van der Waals surface area contributed by atoms with Gasteiger partial charge in [-0.25, -0.2) is 0 Å². The number of hydrogen-bond acceptors (Lipinski definition) is 4. The van der Waals surface area contributed by atoms with Gasteiger partial charge in [0, 0.05) is 19.3 Å². The monoisotopic (exact) mass is 267 g/mol. The van der Waals surface area contributed by atoms with E-state index < -0.39 is 6.10 Å². The molecule has 19 heavy (non-hydrogen) atoms. The third-order valence-corrected chi connectivity index (χ3v) is 2.49. The third-order valence-electron chi connectivity index (χ3n) is 2.49. The molecule has 0 saturated heterocycles. The summed E-state index contributed by atoms with van der Waals surface area (Å²) in [7, 11) is 1.67. The predicted molar refractivity (Wildman–Crippen MR) is 77.4 cm³/mol. The molecule has 0 aliphatic rings. The number of nitrogens with one attached hydrogen (secondary N) is 1. The third kappa shape index (κ3) is 7.15. The number of hydrogen-bond donors (Lipinski definition) is 2. The molecule has 0 aliphatic heterocycles. The minimum Gasteiger partial charge on any atom is -0.389 e. The quantitative estimate of drug-likeness (QED) is 0.796. The zero-order valence-corrected chi connectivity index (χ0v) is 12.3. The topological polar surface area (TPSA) is 50.7 Å². The van der Waals surface area contributed by atoms with Gasteiger partial charge < -0.3 is 19.9 Å². The first-order chi connectivity index (χ1) is 8.90. The zero-order chi connectivity index (χ0) is 14.3. The Labute approximate surface area is 115 Å². The standard InChI is InChI=1S/C15H25NO3/c1-15(2,3)19-11-14(17)9-16-13-7-5-6-12(8-13)10-18-4/h5-8,14,16-17H,9-11H2,1-4H3. The molecule has 1 unspecified atom stereocenters. The van der Waals surface area contributed by atoms with Crippen LogP contribution in [0.4, 0.5) is 5.69 Å². The summed E-state index contributed by atoms with van der Waals surface area (Å²) in [6.45, 7) is 7.30. The van der Waals surface area contributed by atoms with Gasteiger partial charge in [-0.2, -0.15) is 0 Å². The molecule has 1 rings (SSSR count). The Bertz CT molecular complexity index is 374. The first-order valence-electron chi connectivity index (χ1n) is 6.54. The molecule has 4 nitrogen and oxygen atoms in total. The van der Waals surface area contributed by atoms with Gasteiger partial charge in [0.05, 0.1) is 24.9 Å². The molecule has 0 heterocycles. The average Bonchev–Trinajstić information content (AvgIpc) is 2.34. The summed E-state index contributed by atoms with van der Waals surface area (Å²) < 4.78 is 10.6. The maximum absolute atomic E-state index is 9.83. The van der Waals surface area contributed by atoms with Crippen molar-refractivity contribution in [2.45, 2.75) is 39.1 Å². The van der Waals surface area contributed by atoms with Crippen LogP contribution >= 0.6 is 0 Å². The molecule has 2 N–H and O–H groups in total. The number of aliphatic hydroxyl groups is 1. The van der Waals surface area contributed by atoms with Crippen molar-refractivity contribution in [3.8, 4) is 0 Å². The Kier molecular flexibility index (Phi) is 6.28. The molecule has 0 fully saturated rings. The average molecular weight is 267 g/mol. The lowest BCUT2D eigenvalue weighted by molar-refractivity contribution is -0.0449. The van der Waals surface area contributed by atoms with E-state index in [1.165, 1.54) is 0 Å². The Morgan fingerprint density at radius 2 is 2.05 bits per heavy atom. The van der Waals surface area contributed by atoms with Gasteiger partial charge >= 0.3 is 0 Å². The summed E-state index contributed by atoms with van der Waals surface area (Å²) in [5.41, 5.74) is 1.86. The fourth-order valence-electron chi connectivity index (χ4n) is 1.58. The van der Waals surface area contributed by atoms with Crippen molar-refractivity contribution in [1.29, 1.82) is 0 Å². The van der Waals surface area contributed by atoms with E-state index in [1.807, 2.05) is 45.0 Å². The summed E-state index contributed by atoms with van der Waals surface area (Å²) in [4.78, 5) is 0. The van der Waals surface area contributed by atoms with E-state index in [4.69, 9.17) is 9.47 Å². The maximum atomic E-state index is 9.83. The van der Waals surface area contributed by atoms with Crippen LogP contribution in [0.1, 0.15) is 26.3 Å². The second-order valence-electron chi connectivity index (χ2n) is 5.59. The van der Waals surface area contributed by atoms with Crippen LogP contribution in [-0.2, 0) is 16.1 Å². The molecule has 108 valence electrons. The summed E-state index contributed by atoms with van der Waals surface area (Å²) in [5, 5.41) is 13.0. The Morgan fingerprint density at radius 1 is 1.32 bits per heavy atom. The first kappa shape index (κ1) is 16.0. The van der Waals surface area contributed by atoms with E-state index in [-0.39, 0.29) is 5.60 Å². The fourth-order valence-corrected chi connectivity index (χ4v) is 1.58. The van der Waals surface area contributed by atoms with Crippen LogP contribution in [0.3, 0.4) is 0 Å². The van der Waals surface area contributed by atoms with Crippen molar-refractivity contribution in [1.82, 2.24) is 0 Å². The Balaban J connectivity index is 2.37. The minimum atomic E-state index is -0.523. The van der Waals surface area contributed by atoms with Crippen LogP contribution in [-0.4, -0.2) is 37.1 Å². The summed E-state index contributed by atoms with van der Waals surface area (Å²) in [6.07, 6.45) is -0.523. The second-order valence-corrected chi connectivity index (χ2v) is 5.59. The highest BCUT2D eigenvalue weighted by molar-refractivity contribution is 5.45. The summed E-state index contributed by atoms with van der Waals surface area (Å²) >= 11 is 0. The van der Waals surface area contributed by atoms with E-state index in [0.29, 0.717) is 19.8 Å². The van der Waals surface area contributed by atoms with Gasteiger partial charge in [0.25, 0.3) is 0 Å². The van der Waals surface area contributed by atoms with Gasteiger partial charge in [0.1, 0.15) is 0 Å². The molecular weight excluding hydrogens is 242 g/mol. The lowest BCUT2D eigenvalue weighted by Crippen LogP contribution is -2.30. The van der Waals surface area contributed by atoms with Gasteiger partial charge in [0.2, 0.25) is 0 Å². The number of ether oxygens (including phenoxy) is 2. The van der Waals surface area contributed by atoms with Gasteiger partial charge in [0.15, 0.2) is 0 Å². The molecule has 0 bridgehead atoms. The van der Waals surface area contributed by atoms with E-state index >= 15 is 0 Å². The molecule has 4 heteroatoms. The molecule has 0 radical (unpaired) electrons. The number of benzene rings is 1. The van der Waals surface area contributed by atoms with Gasteiger partial charge in [-0.3, -0.25) is 0 Å². The second kappa shape index (κ2) is 7.48. The van der Waals surface area contributed by atoms with Crippen molar-refractivity contribution in [2.24, 2.45) is 0 Å². The van der Waals surface area contributed by atoms with E-state index in [9.17, 15) is 5.11 Å². The van der Waals surface area contributed by atoms with Crippen LogP contribution < -0.4 is 5.32 Å². The number of anilines is 1. The van der Waals surface area contributed by atoms with Gasteiger partial charge in [-0.15, -0.1) is 0 Å². The Hall–Kier alpha value is -1.10. The molecule has 1 aromatic rings. The fraction of sp³-hybridized carbons (Fsp3) is 0.600. The largest absolute Gasteiger partial charge is 0.389 e. The molecule has 0 aliphatic carbocycles. The lowest BCUT2D eigenvalue weighted by Gasteiger charge is -2.22. The SMILES string of the molecule is COCc1cccc(NCC(O)COC(C)(C)C)c1. The van der Waals surface area contributed by atoms with Gasteiger partial charge in [-0.05, 0) is 38.5 Å². The first-order valence-corrected chi connectivity index (χ1v) is 6.54. The smallest absolute Gasteiger partial charge is 0.0945 e. The number of rotatable bonds is 7. The molecule has 1 atom stereocenters. The van der Waals surface area contributed by atoms with Crippen molar-refractivity contribution in [2.75, 3.05) is 25.6 Å². The van der Waals surface area contributed by atoms with Crippen LogP contribution in [0.2, 0.25) is 0 Å². The summed E-state index contributed by atoms with van der Waals surface area (Å²) in [5.74, 6) is 0. The van der Waals surface area contributed by atoms with E-state index in [2.05, 4.69) is 5.32 Å². The molecule has 1 aromatic carbocycles. The van der Waals surface area contributed by atoms with Crippen molar-refractivity contribution in [3.63, 3.8) is 0 Å². The zero-order valence-electron chi connectivity index (χ0n) is 12.3. The highest BCUT2D eigenvalue weighted by atomic mass is 16.5. The van der Waals surface area contributed by atoms with Crippen molar-refractivity contribution in [3.05, 3.63) is 29.8 Å².